The highest BCUT2D eigenvalue weighted by molar-refractivity contribution is 5.69. The van der Waals surface area contributed by atoms with Crippen LogP contribution in [-0.2, 0) is 0 Å². The lowest BCUT2D eigenvalue weighted by atomic mass is 10.0. The number of nitriles is 1. The summed E-state index contributed by atoms with van der Waals surface area (Å²) in [5.41, 5.74) is 7.18. The molecule has 3 nitrogen and oxygen atoms in total. The van der Waals surface area contributed by atoms with Crippen LogP contribution in [0.25, 0.3) is 16.9 Å². The van der Waals surface area contributed by atoms with Crippen LogP contribution in [0.1, 0.15) is 22.4 Å². The van der Waals surface area contributed by atoms with Crippen LogP contribution in [0.15, 0.2) is 36.5 Å². The van der Waals surface area contributed by atoms with Crippen LogP contribution in [0.4, 0.5) is 0 Å². The number of fused-ring (bicyclic) bond motifs is 1. The van der Waals surface area contributed by atoms with E-state index >= 15 is 0 Å². The minimum Gasteiger partial charge on any atom is -0.302 e. The first-order valence-corrected chi connectivity index (χ1v) is 6.56. The second-order valence-corrected chi connectivity index (χ2v) is 5.12. The molecule has 98 valence electrons. The number of nitrogens with zero attached hydrogens (tertiary/aromatic N) is 3. The quantitative estimate of drug-likeness (QED) is 0.668. The lowest BCUT2D eigenvalue weighted by Crippen LogP contribution is -1.90. The third kappa shape index (κ3) is 1.86. The van der Waals surface area contributed by atoms with Crippen molar-refractivity contribution in [3.8, 4) is 17.3 Å². The Morgan fingerprint density at radius 1 is 1.10 bits per heavy atom. The molecule has 0 aliphatic carbocycles. The fraction of sp³-hybridized carbons (Fsp3) is 0.176. The Bertz CT molecular complexity index is 851. The maximum absolute atomic E-state index is 9.00. The van der Waals surface area contributed by atoms with E-state index in [0.29, 0.717) is 5.56 Å². The maximum atomic E-state index is 9.00. The SMILES string of the molecule is Cc1ccc(-c2nc3ccc(C#N)cn3c2C)c(C)c1. The molecule has 0 saturated heterocycles. The Morgan fingerprint density at radius 3 is 2.60 bits per heavy atom. The molecule has 0 aliphatic rings. The van der Waals surface area contributed by atoms with Gasteiger partial charge in [0.25, 0.3) is 0 Å². The lowest BCUT2D eigenvalue weighted by molar-refractivity contribution is 1.10. The van der Waals surface area contributed by atoms with E-state index in [9.17, 15) is 0 Å². The Kier molecular flexibility index (Phi) is 2.80. The van der Waals surface area contributed by atoms with Crippen molar-refractivity contribution in [2.75, 3.05) is 0 Å². The maximum Gasteiger partial charge on any atom is 0.137 e. The van der Waals surface area contributed by atoms with Gasteiger partial charge in [-0.15, -0.1) is 0 Å². The molecular weight excluding hydrogens is 246 g/mol. The predicted octanol–water partition coefficient (Wildman–Crippen LogP) is 3.80. The number of benzene rings is 1. The number of hydrogen-bond donors (Lipinski definition) is 0. The molecule has 2 aromatic heterocycles. The Morgan fingerprint density at radius 2 is 1.90 bits per heavy atom. The van der Waals surface area contributed by atoms with E-state index in [1.807, 2.05) is 23.6 Å². The van der Waals surface area contributed by atoms with Gasteiger partial charge < -0.3 is 4.40 Å². The van der Waals surface area contributed by atoms with E-state index in [1.165, 1.54) is 11.1 Å². The van der Waals surface area contributed by atoms with Gasteiger partial charge >= 0.3 is 0 Å². The average Bonchev–Trinajstić information content (AvgIpc) is 2.76. The molecule has 3 heteroatoms. The van der Waals surface area contributed by atoms with Gasteiger partial charge in [0.15, 0.2) is 0 Å². The van der Waals surface area contributed by atoms with Gasteiger partial charge in [-0.25, -0.2) is 4.98 Å². The van der Waals surface area contributed by atoms with Gasteiger partial charge in [-0.1, -0.05) is 23.8 Å². The molecule has 3 rings (SSSR count). The molecule has 2 heterocycles. The zero-order valence-electron chi connectivity index (χ0n) is 11.8. The van der Waals surface area contributed by atoms with Gasteiger partial charge in [0.05, 0.1) is 11.3 Å². The highest BCUT2D eigenvalue weighted by Crippen LogP contribution is 2.27. The van der Waals surface area contributed by atoms with Gasteiger partial charge in [-0.3, -0.25) is 0 Å². The van der Waals surface area contributed by atoms with E-state index in [1.54, 1.807) is 6.07 Å². The first-order chi connectivity index (χ1) is 9.60. The van der Waals surface area contributed by atoms with Gasteiger partial charge in [0.2, 0.25) is 0 Å². The molecule has 0 bridgehead atoms. The fourth-order valence-corrected chi connectivity index (χ4v) is 2.56. The molecule has 0 radical (unpaired) electrons. The molecule has 0 spiro atoms. The zero-order chi connectivity index (χ0) is 14.3. The van der Waals surface area contributed by atoms with Crippen LogP contribution in [0.3, 0.4) is 0 Å². The largest absolute Gasteiger partial charge is 0.302 e. The van der Waals surface area contributed by atoms with Crippen molar-refractivity contribution in [3.05, 3.63) is 58.9 Å². The lowest BCUT2D eigenvalue weighted by Gasteiger charge is -2.05. The second kappa shape index (κ2) is 4.50. The number of aromatic nitrogens is 2. The third-order valence-electron chi connectivity index (χ3n) is 3.62. The monoisotopic (exact) mass is 261 g/mol. The summed E-state index contributed by atoms with van der Waals surface area (Å²) in [7, 11) is 0. The first kappa shape index (κ1) is 12.4. The van der Waals surface area contributed by atoms with E-state index < -0.39 is 0 Å². The number of imidazole rings is 1. The Balaban J connectivity index is 2.27. The van der Waals surface area contributed by atoms with E-state index in [4.69, 9.17) is 10.2 Å². The summed E-state index contributed by atoms with van der Waals surface area (Å²) < 4.78 is 1.98. The van der Waals surface area contributed by atoms with Gasteiger partial charge in [-0.05, 0) is 38.5 Å². The second-order valence-electron chi connectivity index (χ2n) is 5.12. The molecule has 20 heavy (non-hydrogen) atoms. The van der Waals surface area contributed by atoms with Crippen LogP contribution in [0, 0.1) is 32.1 Å². The molecule has 0 unspecified atom stereocenters. The van der Waals surface area contributed by atoms with Crippen molar-refractivity contribution in [3.63, 3.8) is 0 Å². The van der Waals surface area contributed by atoms with Crippen molar-refractivity contribution in [1.82, 2.24) is 9.38 Å². The summed E-state index contributed by atoms with van der Waals surface area (Å²) in [5, 5.41) is 9.00. The smallest absolute Gasteiger partial charge is 0.137 e. The summed E-state index contributed by atoms with van der Waals surface area (Å²) in [5.74, 6) is 0. The van der Waals surface area contributed by atoms with Crippen molar-refractivity contribution in [2.45, 2.75) is 20.8 Å². The van der Waals surface area contributed by atoms with Gasteiger partial charge in [0, 0.05) is 17.5 Å². The standard InChI is InChI=1S/C17H15N3/c1-11-4-6-15(12(2)8-11)17-13(3)20-10-14(9-18)5-7-16(20)19-17/h4-8,10H,1-3H3. The van der Waals surface area contributed by atoms with Gasteiger partial charge in [-0.2, -0.15) is 5.26 Å². The minimum atomic E-state index is 0.644. The molecule has 0 fully saturated rings. The molecule has 0 amide bonds. The number of aryl methyl sites for hydroxylation is 3. The van der Waals surface area contributed by atoms with Crippen LogP contribution in [-0.4, -0.2) is 9.38 Å². The van der Waals surface area contributed by atoms with Crippen molar-refractivity contribution in [2.24, 2.45) is 0 Å². The number of pyridine rings is 1. The molecule has 3 aromatic rings. The van der Waals surface area contributed by atoms with Gasteiger partial charge in [0.1, 0.15) is 11.7 Å². The van der Waals surface area contributed by atoms with Crippen LogP contribution in [0.2, 0.25) is 0 Å². The van der Waals surface area contributed by atoms with Crippen LogP contribution >= 0.6 is 0 Å². The third-order valence-corrected chi connectivity index (χ3v) is 3.62. The molecular formula is C17H15N3. The summed E-state index contributed by atoms with van der Waals surface area (Å²) in [4.78, 5) is 4.70. The summed E-state index contributed by atoms with van der Waals surface area (Å²) in [6.07, 6.45) is 1.84. The Labute approximate surface area is 118 Å². The average molecular weight is 261 g/mol. The van der Waals surface area contributed by atoms with Crippen molar-refractivity contribution >= 4 is 5.65 Å². The van der Waals surface area contributed by atoms with Crippen LogP contribution in [0.5, 0.6) is 0 Å². The highest BCUT2D eigenvalue weighted by atomic mass is 15.0. The van der Waals surface area contributed by atoms with Crippen molar-refractivity contribution < 1.29 is 0 Å². The normalized spacial score (nSPS) is 10.7. The van der Waals surface area contributed by atoms with E-state index in [0.717, 1.165) is 22.6 Å². The zero-order valence-corrected chi connectivity index (χ0v) is 11.8. The molecule has 1 aromatic carbocycles. The molecule has 0 saturated carbocycles. The van der Waals surface area contributed by atoms with E-state index in [2.05, 4.69) is 38.1 Å². The highest BCUT2D eigenvalue weighted by Gasteiger charge is 2.12. The van der Waals surface area contributed by atoms with E-state index in [-0.39, 0.29) is 0 Å². The summed E-state index contributed by atoms with van der Waals surface area (Å²) in [6, 6.07) is 12.2. The topological polar surface area (TPSA) is 41.1 Å². The molecule has 0 N–H and O–H groups in total. The minimum absolute atomic E-state index is 0.644. The molecule has 0 aliphatic heterocycles. The molecule has 0 atom stereocenters. The van der Waals surface area contributed by atoms with Crippen molar-refractivity contribution in [1.29, 1.82) is 5.26 Å². The fourth-order valence-electron chi connectivity index (χ4n) is 2.56. The number of rotatable bonds is 1. The predicted molar refractivity (Wildman–Crippen MR) is 79.6 cm³/mol. The summed E-state index contributed by atoms with van der Waals surface area (Å²) in [6.45, 7) is 6.23. The Hall–Kier alpha value is -2.60. The number of hydrogen-bond acceptors (Lipinski definition) is 2. The van der Waals surface area contributed by atoms with Crippen LogP contribution < -0.4 is 0 Å². The summed E-state index contributed by atoms with van der Waals surface area (Å²) >= 11 is 0. The first-order valence-electron chi connectivity index (χ1n) is 6.56.